The molecule has 0 fully saturated rings. The number of hydrogen-bond donors (Lipinski definition) is 1. The summed E-state index contributed by atoms with van der Waals surface area (Å²) in [7, 11) is 0. The van der Waals surface area contributed by atoms with E-state index in [1.807, 2.05) is 73.7 Å². The van der Waals surface area contributed by atoms with Crippen molar-refractivity contribution >= 4 is 34.4 Å². The lowest BCUT2D eigenvalue weighted by molar-refractivity contribution is -0.115. The molecule has 4 aromatic rings. The molecular formula is C23H19N5OS. The molecule has 30 heavy (non-hydrogen) atoms. The Morgan fingerprint density at radius 1 is 1.13 bits per heavy atom. The maximum atomic E-state index is 13.1. The second-order valence-corrected chi connectivity index (χ2v) is 7.84. The molecule has 6 nitrogen and oxygen atoms in total. The Labute approximate surface area is 178 Å². The SMILES string of the molecule is CCC(Sc1ccc2ccccc2n1)C(=O)Nc1c(C#N)cnn1-c1ccccc1. The number of nitrogens with one attached hydrogen (secondary N) is 1. The van der Waals surface area contributed by atoms with E-state index in [2.05, 4.69) is 21.5 Å². The average Bonchev–Trinajstić information content (AvgIpc) is 3.20. The van der Waals surface area contributed by atoms with Crippen LogP contribution >= 0.6 is 11.8 Å². The molecule has 7 heteroatoms. The van der Waals surface area contributed by atoms with Gasteiger partial charge in [-0.25, -0.2) is 9.67 Å². The Hall–Kier alpha value is -3.63. The van der Waals surface area contributed by atoms with E-state index in [0.29, 0.717) is 17.8 Å². The lowest BCUT2D eigenvalue weighted by Gasteiger charge is -2.16. The number of carbonyl (C=O) groups excluding carboxylic acids is 1. The Morgan fingerprint density at radius 3 is 2.67 bits per heavy atom. The van der Waals surface area contributed by atoms with Crippen molar-refractivity contribution in [2.24, 2.45) is 0 Å². The molecule has 1 atom stereocenters. The molecule has 148 valence electrons. The third kappa shape index (κ3) is 4.04. The van der Waals surface area contributed by atoms with Gasteiger partial charge in [0.05, 0.1) is 27.7 Å². The van der Waals surface area contributed by atoms with E-state index in [4.69, 9.17) is 0 Å². The molecule has 0 spiro atoms. The van der Waals surface area contributed by atoms with Crippen LogP contribution < -0.4 is 5.32 Å². The molecule has 4 rings (SSSR count). The number of carbonyl (C=O) groups is 1. The normalized spacial score (nSPS) is 11.7. The predicted molar refractivity (Wildman–Crippen MR) is 119 cm³/mol. The molecule has 2 aromatic heterocycles. The van der Waals surface area contributed by atoms with E-state index < -0.39 is 0 Å². The molecule has 0 bridgehead atoms. The summed E-state index contributed by atoms with van der Waals surface area (Å²) in [6, 6.07) is 23.3. The summed E-state index contributed by atoms with van der Waals surface area (Å²) < 4.78 is 1.57. The van der Waals surface area contributed by atoms with Crippen molar-refractivity contribution in [3.8, 4) is 11.8 Å². The van der Waals surface area contributed by atoms with Gasteiger partial charge in [-0.1, -0.05) is 61.2 Å². The molecule has 1 unspecified atom stereocenters. The van der Waals surface area contributed by atoms with Gasteiger partial charge in [0.15, 0.2) is 5.82 Å². The molecule has 0 aliphatic rings. The Kier molecular flexibility index (Phi) is 5.77. The zero-order chi connectivity index (χ0) is 20.9. The number of benzene rings is 2. The Morgan fingerprint density at radius 2 is 1.90 bits per heavy atom. The summed E-state index contributed by atoms with van der Waals surface area (Å²) in [5.74, 6) is 0.186. The van der Waals surface area contributed by atoms with E-state index in [-0.39, 0.29) is 11.2 Å². The summed E-state index contributed by atoms with van der Waals surface area (Å²) in [6.45, 7) is 1.96. The number of aromatic nitrogens is 3. The maximum Gasteiger partial charge on any atom is 0.239 e. The van der Waals surface area contributed by atoms with Crippen LogP contribution in [0.25, 0.3) is 16.6 Å². The second kappa shape index (κ2) is 8.80. The van der Waals surface area contributed by atoms with Gasteiger partial charge in [0, 0.05) is 5.39 Å². The summed E-state index contributed by atoms with van der Waals surface area (Å²) >= 11 is 1.41. The van der Waals surface area contributed by atoms with Crippen LogP contribution in [0.4, 0.5) is 5.82 Å². The minimum absolute atomic E-state index is 0.188. The van der Waals surface area contributed by atoms with Crippen LogP contribution in [0.1, 0.15) is 18.9 Å². The summed E-state index contributed by atoms with van der Waals surface area (Å²) in [4.78, 5) is 17.7. The molecule has 1 amide bonds. The van der Waals surface area contributed by atoms with Crippen molar-refractivity contribution in [1.82, 2.24) is 14.8 Å². The number of fused-ring (bicyclic) bond motifs is 1. The predicted octanol–water partition coefficient (Wildman–Crippen LogP) is 4.80. The molecular weight excluding hydrogens is 394 g/mol. The summed E-state index contributed by atoms with van der Waals surface area (Å²) in [5, 5.41) is 18.1. The lowest BCUT2D eigenvalue weighted by atomic mass is 10.2. The highest BCUT2D eigenvalue weighted by molar-refractivity contribution is 8.00. The van der Waals surface area contributed by atoms with Gasteiger partial charge < -0.3 is 5.32 Å². The Bertz CT molecular complexity index is 1230. The molecule has 1 N–H and O–H groups in total. The first kappa shape index (κ1) is 19.7. The molecule has 2 aromatic carbocycles. The number of anilines is 1. The van der Waals surface area contributed by atoms with E-state index in [1.165, 1.54) is 18.0 Å². The third-order valence-electron chi connectivity index (χ3n) is 4.63. The minimum Gasteiger partial charge on any atom is -0.308 e. The fourth-order valence-electron chi connectivity index (χ4n) is 3.09. The highest BCUT2D eigenvalue weighted by Gasteiger charge is 2.22. The molecule has 2 heterocycles. The largest absolute Gasteiger partial charge is 0.308 e. The van der Waals surface area contributed by atoms with Gasteiger partial charge in [-0.2, -0.15) is 10.4 Å². The quantitative estimate of drug-likeness (QED) is 0.459. The zero-order valence-electron chi connectivity index (χ0n) is 16.3. The number of hydrogen-bond acceptors (Lipinski definition) is 5. The van der Waals surface area contributed by atoms with E-state index in [1.54, 1.807) is 4.68 Å². The van der Waals surface area contributed by atoms with Crippen molar-refractivity contribution in [3.05, 3.63) is 78.5 Å². The van der Waals surface area contributed by atoms with Gasteiger partial charge in [0.25, 0.3) is 0 Å². The smallest absolute Gasteiger partial charge is 0.239 e. The van der Waals surface area contributed by atoms with Gasteiger partial charge in [0.1, 0.15) is 11.6 Å². The monoisotopic (exact) mass is 413 g/mol. The van der Waals surface area contributed by atoms with Gasteiger partial charge >= 0.3 is 0 Å². The first-order valence-corrected chi connectivity index (χ1v) is 10.4. The highest BCUT2D eigenvalue weighted by Crippen LogP contribution is 2.28. The maximum absolute atomic E-state index is 13.1. The van der Waals surface area contributed by atoms with Crippen LogP contribution in [-0.4, -0.2) is 25.9 Å². The minimum atomic E-state index is -0.357. The summed E-state index contributed by atoms with van der Waals surface area (Å²) in [6.07, 6.45) is 2.08. The van der Waals surface area contributed by atoms with Crippen molar-refractivity contribution in [1.29, 1.82) is 5.26 Å². The molecule has 0 radical (unpaired) electrons. The number of nitrogens with zero attached hydrogens (tertiary/aromatic N) is 4. The van der Waals surface area contributed by atoms with E-state index >= 15 is 0 Å². The van der Waals surface area contributed by atoms with Crippen molar-refractivity contribution in [2.75, 3.05) is 5.32 Å². The van der Waals surface area contributed by atoms with Crippen LogP contribution in [-0.2, 0) is 4.79 Å². The fourth-order valence-corrected chi connectivity index (χ4v) is 4.02. The van der Waals surface area contributed by atoms with Gasteiger partial charge in [-0.05, 0) is 30.7 Å². The Balaban J connectivity index is 1.57. The van der Waals surface area contributed by atoms with Crippen molar-refractivity contribution in [3.63, 3.8) is 0 Å². The van der Waals surface area contributed by atoms with Crippen LogP contribution in [0.5, 0.6) is 0 Å². The van der Waals surface area contributed by atoms with Gasteiger partial charge in [-0.3, -0.25) is 4.79 Å². The lowest BCUT2D eigenvalue weighted by Crippen LogP contribution is -2.26. The number of nitriles is 1. The number of para-hydroxylation sites is 2. The first-order valence-electron chi connectivity index (χ1n) is 9.56. The molecule has 0 saturated heterocycles. The highest BCUT2D eigenvalue weighted by atomic mass is 32.2. The molecule has 0 aliphatic heterocycles. The van der Waals surface area contributed by atoms with Gasteiger partial charge in [0.2, 0.25) is 5.91 Å². The third-order valence-corrected chi connectivity index (χ3v) is 5.93. The fraction of sp³-hybridized carbons (Fsp3) is 0.130. The second-order valence-electron chi connectivity index (χ2n) is 6.61. The first-order chi connectivity index (χ1) is 14.7. The van der Waals surface area contributed by atoms with Crippen LogP contribution in [0.3, 0.4) is 0 Å². The average molecular weight is 414 g/mol. The van der Waals surface area contributed by atoms with E-state index in [0.717, 1.165) is 21.6 Å². The zero-order valence-corrected chi connectivity index (χ0v) is 17.1. The number of pyridine rings is 1. The van der Waals surface area contributed by atoms with Gasteiger partial charge in [-0.15, -0.1) is 0 Å². The number of amides is 1. The van der Waals surface area contributed by atoms with Crippen molar-refractivity contribution in [2.45, 2.75) is 23.6 Å². The topological polar surface area (TPSA) is 83.6 Å². The van der Waals surface area contributed by atoms with Crippen LogP contribution in [0, 0.1) is 11.3 Å². The molecule has 0 aliphatic carbocycles. The van der Waals surface area contributed by atoms with E-state index in [9.17, 15) is 10.1 Å². The summed E-state index contributed by atoms with van der Waals surface area (Å²) in [5.41, 5.74) is 1.98. The van der Waals surface area contributed by atoms with Crippen LogP contribution in [0.15, 0.2) is 78.0 Å². The number of rotatable bonds is 6. The van der Waals surface area contributed by atoms with Crippen molar-refractivity contribution < 1.29 is 4.79 Å². The number of thioether (sulfide) groups is 1. The van der Waals surface area contributed by atoms with Crippen LogP contribution in [0.2, 0.25) is 0 Å². The standard InChI is InChI=1S/C23H19N5OS/c1-2-20(30-21-13-12-16-8-6-7-11-19(16)26-21)23(29)27-22-17(14-24)15-25-28(22)18-9-4-3-5-10-18/h3-13,15,20H,2H2,1H3,(H,27,29). The molecule has 0 saturated carbocycles.